The van der Waals surface area contributed by atoms with Crippen molar-refractivity contribution in [3.8, 4) is 30.0 Å². The van der Waals surface area contributed by atoms with Crippen LogP contribution in [-0.2, 0) is 29.9 Å². The Kier molecular flexibility index (Phi) is 15.0. The molecule has 0 unspecified atom stereocenters. The Morgan fingerprint density at radius 2 is 1.30 bits per heavy atom. The third-order valence-electron chi connectivity index (χ3n) is 7.14. The van der Waals surface area contributed by atoms with Crippen molar-refractivity contribution >= 4 is 40.6 Å². The third-order valence-corrected chi connectivity index (χ3v) is 7.14. The Hall–Kier alpha value is -7.43. The molecule has 0 aromatic carbocycles. The number of imidazole rings is 2. The second kappa shape index (κ2) is 19.1. The normalized spacial score (nSPS) is 10.2. The number of aromatic nitrogens is 6. The zero-order valence-electron chi connectivity index (χ0n) is 28.4. The monoisotopic (exact) mass is 757 g/mol. The standard InChI is InChI=1S/2C16H14N8O2.Co/c1-5-6-7-24-14(25)10(8-17)9(2)11(15(24)26)22-23-16-20-12(18-3)13(19-4)21-16;1-4-5-6-24-14(25)12(19-3)9(2)13(15(24)26)22-23-16-20-10(7-17)11(8-18)21-16;/h5-7H2,1-2H3,(H2,20,21,22,23,25,26);4-6H2,1-2H3,(H2,20,21,22,23,25,26);/q;;+2/p-2. The Balaban J connectivity index is 0.000000360. The van der Waals surface area contributed by atoms with Gasteiger partial charge in [-0.1, -0.05) is 33.3 Å². The molecule has 0 fully saturated rings. The van der Waals surface area contributed by atoms with Gasteiger partial charge < -0.3 is 29.9 Å². The fourth-order valence-corrected chi connectivity index (χ4v) is 4.38. The van der Waals surface area contributed by atoms with Crippen molar-refractivity contribution < 1.29 is 27.0 Å². The van der Waals surface area contributed by atoms with Crippen LogP contribution in [0.2, 0.25) is 0 Å². The molecule has 0 amide bonds. The molecule has 0 bridgehead atoms. The van der Waals surface area contributed by atoms with E-state index in [9.17, 15) is 25.1 Å². The van der Waals surface area contributed by atoms with E-state index in [1.165, 1.54) is 13.8 Å². The molecule has 0 saturated carbocycles. The summed E-state index contributed by atoms with van der Waals surface area (Å²) < 4.78 is 2.15. The largest absolute Gasteiger partial charge is 2.00 e. The summed E-state index contributed by atoms with van der Waals surface area (Å²) in [7, 11) is 0. The molecule has 1 radical (unpaired) electrons. The van der Waals surface area contributed by atoms with Crippen molar-refractivity contribution in [2.75, 3.05) is 0 Å². The summed E-state index contributed by atoms with van der Waals surface area (Å²) in [5.41, 5.74) is -1.62. The molecule has 20 nitrogen and oxygen atoms in total. The number of hydrogen-bond acceptors (Lipinski definition) is 13. The maximum Gasteiger partial charge on any atom is 2.00 e. The maximum absolute atomic E-state index is 12.3. The molecule has 4 aromatic rings. The molecule has 0 spiro atoms. The van der Waals surface area contributed by atoms with Gasteiger partial charge in [0.1, 0.15) is 35.3 Å². The molecule has 21 heteroatoms. The van der Waals surface area contributed by atoms with Crippen LogP contribution in [0.25, 0.3) is 14.5 Å². The molecular formula is C32H26CoN16O4. The van der Waals surface area contributed by atoms with Crippen molar-refractivity contribution in [1.29, 1.82) is 15.8 Å². The van der Waals surface area contributed by atoms with Crippen LogP contribution in [0.5, 0.6) is 11.8 Å². The fraction of sp³-hybridized carbons (Fsp3) is 0.312. The molecular weight excluding hydrogens is 731 g/mol. The van der Waals surface area contributed by atoms with E-state index in [1.807, 2.05) is 19.9 Å². The van der Waals surface area contributed by atoms with Crippen LogP contribution in [-0.4, -0.2) is 29.3 Å². The summed E-state index contributed by atoms with van der Waals surface area (Å²) in [6, 6.07) is 5.25. The Morgan fingerprint density at radius 3 is 1.74 bits per heavy atom. The van der Waals surface area contributed by atoms with E-state index >= 15 is 0 Å². The molecule has 267 valence electrons. The second-order valence-corrected chi connectivity index (χ2v) is 10.4. The average molecular weight is 758 g/mol. The molecule has 4 heterocycles. The second-order valence-electron chi connectivity index (χ2n) is 10.4. The van der Waals surface area contributed by atoms with E-state index in [0.29, 0.717) is 12.8 Å². The number of rotatable bonds is 10. The molecule has 4 rings (SSSR count). The molecule has 0 saturated heterocycles. The number of aromatic hydroxyl groups is 2. The van der Waals surface area contributed by atoms with Gasteiger partial charge in [0.15, 0.2) is 5.69 Å². The first-order chi connectivity index (χ1) is 25.0. The van der Waals surface area contributed by atoms with Gasteiger partial charge in [0, 0.05) is 24.6 Å². The number of hydrogen-bond donors (Lipinski definition) is 2. The Bertz CT molecular complexity index is 2230. The van der Waals surface area contributed by atoms with Gasteiger partial charge in [-0.2, -0.15) is 15.8 Å². The van der Waals surface area contributed by atoms with Gasteiger partial charge in [-0.3, -0.25) is 33.8 Å². The summed E-state index contributed by atoms with van der Waals surface area (Å²) in [4.78, 5) is 49.0. The summed E-state index contributed by atoms with van der Waals surface area (Å²) in [5.74, 6) is -1.66. The zero-order chi connectivity index (χ0) is 38.5. The number of nitrogens with zero attached hydrogens (tertiary/aromatic N) is 16. The van der Waals surface area contributed by atoms with Gasteiger partial charge in [0.05, 0.1) is 23.8 Å². The molecule has 0 aliphatic rings. The minimum atomic E-state index is -0.593. The summed E-state index contributed by atoms with van der Waals surface area (Å²) in [6.07, 6.45) is 2.85. The van der Waals surface area contributed by atoms with Crippen molar-refractivity contribution in [2.45, 2.75) is 66.5 Å². The SMILES string of the molecule is [C-]#[N+]c1c(C)c(N=Nc2nc(C#N)c(C#N)[n-]2)c(O)n(CCCC)c1=O.[C-]#[N+]c1nc(N=Nc2c(C)c(C#N)c(=O)n(CCCC)c2O)[n-]c1[N+]#[C-].[Co+2]. The summed E-state index contributed by atoms with van der Waals surface area (Å²) in [6.45, 7) is 28.3. The van der Waals surface area contributed by atoms with Gasteiger partial charge in [-0.05, 0) is 32.3 Å². The first-order valence-electron chi connectivity index (χ1n) is 15.1. The van der Waals surface area contributed by atoms with Gasteiger partial charge in [0.25, 0.3) is 16.8 Å². The van der Waals surface area contributed by atoms with Crippen LogP contribution in [0, 0.1) is 67.6 Å². The van der Waals surface area contributed by atoms with E-state index in [4.69, 9.17) is 30.2 Å². The molecule has 0 atom stereocenters. The topological polar surface area (TPSA) is 272 Å². The number of unbranched alkanes of at least 4 members (excludes halogenated alkanes) is 2. The van der Waals surface area contributed by atoms with Crippen molar-refractivity contribution in [3.05, 3.63) is 83.0 Å². The van der Waals surface area contributed by atoms with Crippen LogP contribution in [0.15, 0.2) is 30.0 Å². The Labute approximate surface area is 311 Å². The van der Waals surface area contributed by atoms with Gasteiger partial charge in [-0.25, -0.2) is 16.5 Å². The average Bonchev–Trinajstić information content (AvgIpc) is 3.75. The maximum atomic E-state index is 12.3. The number of pyridine rings is 2. The first kappa shape index (κ1) is 41.7. The predicted octanol–water partition coefficient (Wildman–Crippen LogP) is 6.12. The van der Waals surface area contributed by atoms with Crippen molar-refractivity contribution in [1.82, 2.24) is 29.1 Å². The smallest absolute Gasteiger partial charge is 0.562 e. The van der Waals surface area contributed by atoms with E-state index < -0.39 is 22.9 Å². The van der Waals surface area contributed by atoms with Crippen LogP contribution in [0.1, 0.15) is 67.6 Å². The zero-order valence-corrected chi connectivity index (χ0v) is 29.5. The number of azo groups is 2. The third kappa shape index (κ3) is 9.03. The summed E-state index contributed by atoms with van der Waals surface area (Å²) in [5, 5.41) is 62.9. The fourth-order valence-electron chi connectivity index (χ4n) is 4.38. The molecule has 53 heavy (non-hydrogen) atoms. The van der Waals surface area contributed by atoms with Crippen LogP contribution in [0.4, 0.5) is 40.6 Å². The molecule has 0 aliphatic heterocycles. The van der Waals surface area contributed by atoms with Crippen LogP contribution >= 0.6 is 0 Å². The van der Waals surface area contributed by atoms with E-state index in [2.05, 4.69) is 54.9 Å². The minimum absolute atomic E-state index is 0. The van der Waals surface area contributed by atoms with E-state index in [0.717, 1.165) is 22.0 Å². The quantitative estimate of drug-likeness (QED) is 0.137. The minimum Gasteiger partial charge on any atom is -0.562 e. The first-order valence-corrected chi connectivity index (χ1v) is 15.1. The Morgan fingerprint density at radius 1 is 0.755 bits per heavy atom. The van der Waals surface area contributed by atoms with Crippen LogP contribution < -0.4 is 21.1 Å². The van der Waals surface area contributed by atoms with Crippen LogP contribution in [0.3, 0.4) is 0 Å². The van der Waals surface area contributed by atoms with E-state index in [1.54, 1.807) is 12.1 Å². The summed E-state index contributed by atoms with van der Waals surface area (Å²) >= 11 is 0. The van der Waals surface area contributed by atoms with E-state index in [-0.39, 0.29) is 98.5 Å². The number of nitriles is 3. The van der Waals surface area contributed by atoms with Crippen molar-refractivity contribution in [2.24, 2.45) is 20.5 Å². The van der Waals surface area contributed by atoms with Gasteiger partial charge >= 0.3 is 16.8 Å². The predicted molar refractivity (Wildman–Crippen MR) is 180 cm³/mol. The molecule has 2 N–H and O–H groups in total. The molecule has 4 aromatic heterocycles. The molecule has 0 aliphatic carbocycles. The van der Waals surface area contributed by atoms with Gasteiger partial charge in [0.2, 0.25) is 17.7 Å². The van der Waals surface area contributed by atoms with Crippen molar-refractivity contribution in [3.63, 3.8) is 0 Å². The van der Waals surface area contributed by atoms with Gasteiger partial charge in [-0.15, -0.1) is 10.2 Å².